The Hall–Kier alpha value is -2.29. The summed E-state index contributed by atoms with van der Waals surface area (Å²) >= 11 is 0. The minimum atomic E-state index is -1.21. The zero-order valence-corrected chi connectivity index (χ0v) is 19.7. The van der Waals surface area contributed by atoms with E-state index in [1.807, 2.05) is 24.3 Å². The van der Waals surface area contributed by atoms with E-state index in [-0.39, 0.29) is 6.73 Å². The molecular formula is C23H31F2N3O2Si. The smallest absolute Gasteiger partial charge is 0.140 e. The zero-order chi connectivity index (χ0) is 22.4. The summed E-state index contributed by atoms with van der Waals surface area (Å²) in [5.41, 5.74) is 2.06. The molecule has 0 aliphatic heterocycles. The second-order valence-electron chi connectivity index (χ2n) is 8.81. The predicted octanol–water partition coefficient (Wildman–Crippen LogP) is 4.97. The van der Waals surface area contributed by atoms with Gasteiger partial charge in [0.2, 0.25) is 0 Å². The molecule has 0 radical (unpaired) electrons. The first-order chi connectivity index (χ1) is 14.8. The molecule has 0 unspecified atom stereocenters. The molecule has 0 spiro atoms. The Kier molecular flexibility index (Phi) is 7.80. The molecular weight excluding hydrogens is 416 g/mol. The van der Waals surface area contributed by atoms with Gasteiger partial charge in [-0.25, -0.2) is 13.5 Å². The fourth-order valence-corrected chi connectivity index (χ4v) is 4.14. The van der Waals surface area contributed by atoms with E-state index in [4.69, 9.17) is 9.47 Å². The minimum absolute atomic E-state index is 0.179. The van der Waals surface area contributed by atoms with Gasteiger partial charge in [0.05, 0.1) is 23.7 Å². The number of methoxy groups -OCH3 is 1. The number of nitrogens with zero attached hydrogens (tertiary/aromatic N) is 2. The van der Waals surface area contributed by atoms with Crippen molar-refractivity contribution in [2.45, 2.75) is 45.4 Å². The summed E-state index contributed by atoms with van der Waals surface area (Å²) in [6.07, 6.45) is 0.510. The van der Waals surface area contributed by atoms with Crippen LogP contribution in [0.5, 0.6) is 5.75 Å². The van der Waals surface area contributed by atoms with Gasteiger partial charge in [-0.3, -0.25) is 0 Å². The van der Waals surface area contributed by atoms with Gasteiger partial charge in [-0.15, -0.1) is 0 Å². The van der Waals surface area contributed by atoms with Gasteiger partial charge in [0.15, 0.2) is 0 Å². The summed E-state index contributed by atoms with van der Waals surface area (Å²) in [7, 11) is 0.434. The fourth-order valence-electron chi connectivity index (χ4n) is 3.38. The van der Waals surface area contributed by atoms with Crippen LogP contribution in [0.15, 0.2) is 36.4 Å². The second-order valence-corrected chi connectivity index (χ2v) is 14.4. The molecule has 0 saturated heterocycles. The first-order valence-electron chi connectivity index (χ1n) is 10.5. The predicted molar refractivity (Wildman–Crippen MR) is 122 cm³/mol. The van der Waals surface area contributed by atoms with E-state index < -0.39 is 19.7 Å². The van der Waals surface area contributed by atoms with E-state index in [1.165, 1.54) is 6.07 Å². The SMILES string of the molecule is COc1ccccc1CNCCc1nn(COCC[Si](C)(C)C)c2cc(F)cc(F)c12. The maximum atomic E-state index is 14.6. The van der Waals surface area contributed by atoms with Gasteiger partial charge in [0.25, 0.3) is 0 Å². The number of benzene rings is 2. The first-order valence-corrected chi connectivity index (χ1v) is 14.2. The summed E-state index contributed by atoms with van der Waals surface area (Å²) in [5, 5.41) is 8.24. The number of aromatic nitrogens is 2. The van der Waals surface area contributed by atoms with E-state index in [9.17, 15) is 8.78 Å². The highest BCUT2D eigenvalue weighted by molar-refractivity contribution is 6.76. The van der Waals surface area contributed by atoms with Gasteiger partial charge in [-0.2, -0.15) is 5.10 Å². The van der Waals surface area contributed by atoms with E-state index in [0.29, 0.717) is 42.7 Å². The Morgan fingerprint density at radius 3 is 2.65 bits per heavy atom. The summed E-state index contributed by atoms with van der Waals surface area (Å²) in [5.74, 6) is -0.390. The van der Waals surface area contributed by atoms with Gasteiger partial charge < -0.3 is 14.8 Å². The Bertz CT molecular complexity index is 1020. The van der Waals surface area contributed by atoms with Crippen molar-refractivity contribution in [3.63, 3.8) is 0 Å². The number of hydrogen-bond acceptors (Lipinski definition) is 4. The lowest BCUT2D eigenvalue weighted by atomic mass is 10.1. The minimum Gasteiger partial charge on any atom is -0.496 e. The van der Waals surface area contributed by atoms with Crippen molar-refractivity contribution in [2.75, 3.05) is 20.3 Å². The summed E-state index contributed by atoms with van der Waals surface area (Å²) in [6, 6.07) is 11.0. The molecule has 31 heavy (non-hydrogen) atoms. The van der Waals surface area contributed by atoms with Crippen molar-refractivity contribution in [1.29, 1.82) is 0 Å². The largest absolute Gasteiger partial charge is 0.496 e. The third-order valence-electron chi connectivity index (χ3n) is 5.10. The Morgan fingerprint density at radius 2 is 1.90 bits per heavy atom. The van der Waals surface area contributed by atoms with Gasteiger partial charge in [0, 0.05) is 51.9 Å². The van der Waals surface area contributed by atoms with Crippen LogP contribution in [0, 0.1) is 11.6 Å². The molecule has 0 saturated carbocycles. The Morgan fingerprint density at radius 1 is 1.13 bits per heavy atom. The molecule has 0 atom stereocenters. The average Bonchev–Trinajstić information content (AvgIpc) is 3.06. The lowest BCUT2D eigenvalue weighted by molar-refractivity contribution is 0.0813. The standard InChI is InChI=1S/C23H31F2N3O2Si/c1-29-22-8-6-5-7-17(22)15-26-10-9-20-23-19(25)13-18(24)14-21(23)28(27-20)16-30-11-12-31(2,3)4/h5-8,13-14,26H,9-12,15-16H2,1-4H3. The molecule has 0 aliphatic rings. The molecule has 168 valence electrons. The summed E-state index contributed by atoms with van der Waals surface area (Å²) in [6.45, 7) is 8.85. The van der Waals surface area contributed by atoms with E-state index in [0.717, 1.165) is 23.4 Å². The molecule has 0 fully saturated rings. The molecule has 1 N–H and O–H groups in total. The van der Waals surface area contributed by atoms with Crippen molar-refractivity contribution in [3.8, 4) is 5.75 Å². The van der Waals surface area contributed by atoms with Gasteiger partial charge >= 0.3 is 0 Å². The van der Waals surface area contributed by atoms with Gasteiger partial charge in [0.1, 0.15) is 24.1 Å². The molecule has 5 nitrogen and oxygen atoms in total. The number of nitrogens with one attached hydrogen (secondary N) is 1. The van der Waals surface area contributed by atoms with Gasteiger partial charge in [-0.05, 0) is 12.1 Å². The third-order valence-corrected chi connectivity index (χ3v) is 6.80. The first kappa shape index (κ1) is 23.4. The maximum Gasteiger partial charge on any atom is 0.140 e. The van der Waals surface area contributed by atoms with Crippen LogP contribution in [-0.2, 0) is 24.4 Å². The van der Waals surface area contributed by atoms with Crippen LogP contribution in [0.4, 0.5) is 8.78 Å². The molecule has 0 aliphatic carbocycles. The van der Waals surface area contributed by atoms with Crippen LogP contribution in [0.25, 0.3) is 10.9 Å². The lowest BCUT2D eigenvalue weighted by Gasteiger charge is -2.15. The zero-order valence-electron chi connectivity index (χ0n) is 18.7. The molecule has 1 heterocycles. The number of halogens is 2. The molecule has 3 aromatic rings. The molecule has 2 aromatic carbocycles. The highest BCUT2D eigenvalue weighted by atomic mass is 28.3. The van der Waals surface area contributed by atoms with Crippen molar-refractivity contribution >= 4 is 19.0 Å². The normalized spacial score (nSPS) is 11.9. The molecule has 1 aromatic heterocycles. The molecule has 8 heteroatoms. The van der Waals surface area contributed by atoms with Crippen LogP contribution in [0.2, 0.25) is 25.7 Å². The van der Waals surface area contributed by atoms with Crippen LogP contribution < -0.4 is 10.1 Å². The third kappa shape index (κ3) is 6.35. The molecule has 0 amide bonds. The van der Waals surface area contributed by atoms with Crippen molar-refractivity contribution < 1.29 is 18.3 Å². The summed E-state index contributed by atoms with van der Waals surface area (Å²) < 4.78 is 41.1. The van der Waals surface area contributed by atoms with Gasteiger partial charge in [-0.1, -0.05) is 37.8 Å². The van der Waals surface area contributed by atoms with Crippen molar-refractivity contribution in [2.24, 2.45) is 0 Å². The summed E-state index contributed by atoms with van der Waals surface area (Å²) in [4.78, 5) is 0. The molecule has 3 rings (SSSR count). The van der Waals surface area contributed by atoms with E-state index >= 15 is 0 Å². The molecule has 0 bridgehead atoms. The maximum absolute atomic E-state index is 14.6. The topological polar surface area (TPSA) is 48.3 Å². The van der Waals surface area contributed by atoms with Crippen LogP contribution >= 0.6 is 0 Å². The number of rotatable bonds is 11. The number of para-hydroxylation sites is 1. The second kappa shape index (κ2) is 10.3. The quantitative estimate of drug-likeness (QED) is 0.333. The van der Waals surface area contributed by atoms with E-state index in [2.05, 4.69) is 30.1 Å². The van der Waals surface area contributed by atoms with Crippen LogP contribution in [0.1, 0.15) is 11.3 Å². The number of fused-ring (bicyclic) bond motifs is 1. The fraction of sp³-hybridized carbons (Fsp3) is 0.435. The number of ether oxygens (including phenoxy) is 2. The lowest BCUT2D eigenvalue weighted by Crippen LogP contribution is -2.22. The Labute approximate surface area is 183 Å². The van der Waals surface area contributed by atoms with Crippen molar-refractivity contribution in [1.82, 2.24) is 15.1 Å². The van der Waals surface area contributed by atoms with Crippen LogP contribution in [0.3, 0.4) is 0 Å². The Balaban J connectivity index is 1.68. The average molecular weight is 448 g/mol. The highest BCUT2D eigenvalue weighted by Gasteiger charge is 2.17. The monoisotopic (exact) mass is 447 g/mol. The highest BCUT2D eigenvalue weighted by Crippen LogP contribution is 2.24. The van der Waals surface area contributed by atoms with Crippen molar-refractivity contribution in [3.05, 3.63) is 59.3 Å². The number of hydrogen-bond donors (Lipinski definition) is 1. The van der Waals surface area contributed by atoms with E-state index in [1.54, 1.807) is 11.8 Å². The van der Waals surface area contributed by atoms with Crippen LogP contribution in [-0.4, -0.2) is 38.1 Å².